The van der Waals surface area contributed by atoms with Gasteiger partial charge in [0, 0.05) is 0 Å². The van der Waals surface area contributed by atoms with E-state index in [1.165, 1.54) is 31.2 Å². The Morgan fingerprint density at radius 1 is 0.556 bits per heavy atom. The fraction of sp³-hybridized carbons (Fsp3) is 0.217. The highest BCUT2D eigenvalue weighted by Gasteiger charge is 2.30. The monoisotopic (exact) mass is 358 g/mol. The van der Waals surface area contributed by atoms with Gasteiger partial charge in [-0.15, -0.1) is 0 Å². The van der Waals surface area contributed by atoms with Gasteiger partial charge in [-0.25, -0.2) is 0 Å². The number of para-hydroxylation sites is 2. The van der Waals surface area contributed by atoms with E-state index >= 15 is 0 Å². The van der Waals surface area contributed by atoms with Crippen LogP contribution in [0.15, 0.2) is 84.9 Å². The predicted octanol–water partition coefficient (Wildman–Crippen LogP) is 5.87. The van der Waals surface area contributed by atoms with Crippen LogP contribution in [0.1, 0.15) is 37.2 Å². The molecule has 0 atom stereocenters. The Morgan fingerprint density at radius 3 is 1.48 bits per heavy atom. The molecule has 0 heterocycles. The number of rotatable bonds is 7. The fourth-order valence-corrected chi connectivity index (χ4v) is 3.48. The third-order valence-electron chi connectivity index (χ3n) is 4.89. The molecular weight excluding hydrogens is 335 g/mol. The molecule has 1 aliphatic rings. The standard InChI is InChI=1S/C23H23BO3/c1-3-11-21(12-4-1)25-24(26-22-13-5-2-6-14-22)27-23-17-15-20(16-18-23)19-9-7-8-10-19/h1-6,11-19H,7-10H2. The van der Waals surface area contributed by atoms with E-state index in [-0.39, 0.29) is 0 Å². The molecule has 1 aliphatic carbocycles. The van der Waals surface area contributed by atoms with Crippen molar-refractivity contribution >= 4 is 7.32 Å². The van der Waals surface area contributed by atoms with E-state index in [2.05, 4.69) is 12.1 Å². The molecule has 3 nitrogen and oxygen atoms in total. The highest BCUT2D eigenvalue weighted by Crippen LogP contribution is 2.34. The van der Waals surface area contributed by atoms with E-state index in [9.17, 15) is 0 Å². The predicted molar refractivity (Wildman–Crippen MR) is 108 cm³/mol. The third-order valence-corrected chi connectivity index (χ3v) is 4.89. The summed E-state index contributed by atoms with van der Waals surface area (Å²) >= 11 is 0. The Labute approximate surface area is 161 Å². The fourth-order valence-electron chi connectivity index (χ4n) is 3.48. The Hall–Kier alpha value is -2.88. The zero-order valence-electron chi connectivity index (χ0n) is 15.3. The quantitative estimate of drug-likeness (QED) is 0.495. The molecule has 0 amide bonds. The summed E-state index contributed by atoms with van der Waals surface area (Å²) in [5.41, 5.74) is 1.39. The first-order valence-electron chi connectivity index (χ1n) is 9.57. The first-order valence-corrected chi connectivity index (χ1v) is 9.57. The van der Waals surface area contributed by atoms with Gasteiger partial charge in [-0.05, 0) is 60.7 Å². The maximum Gasteiger partial charge on any atom is 0.864 e. The first kappa shape index (κ1) is 17.5. The molecule has 27 heavy (non-hydrogen) atoms. The molecule has 4 heteroatoms. The van der Waals surface area contributed by atoms with Crippen LogP contribution in [0.5, 0.6) is 17.2 Å². The summed E-state index contributed by atoms with van der Waals surface area (Å²) in [7, 11) is -0.868. The minimum absolute atomic E-state index is 0.691. The highest BCUT2D eigenvalue weighted by atomic mass is 16.7. The molecule has 3 aromatic carbocycles. The summed E-state index contributed by atoms with van der Waals surface area (Å²) in [6.07, 6.45) is 5.25. The molecule has 3 aromatic rings. The van der Waals surface area contributed by atoms with Crippen LogP contribution in [0.25, 0.3) is 0 Å². The summed E-state index contributed by atoms with van der Waals surface area (Å²) in [4.78, 5) is 0. The average Bonchev–Trinajstić information content (AvgIpc) is 3.25. The first-order chi connectivity index (χ1) is 13.4. The topological polar surface area (TPSA) is 27.7 Å². The minimum Gasteiger partial charge on any atom is -0.490 e. The van der Waals surface area contributed by atoms with Crippen molar-refractivity contribution in [1.29, 1.82) is 0 Å². The SMILES string of the molecule is c1ccc(OB(Oc2ccccc2)Oc2ccc(C3CCCC3)cc2)cc1. The van der Waals surface area contributed by atoms with E-state index in [4.69, 9.17) is 14.0 Å². The van der Waals surface area contributed by atoms with Gasteiger partial charge in [-0.3, -0.25) is 0 Å². The molecule has 0 unspecified atom stereocenters. The van der Waals surface area contributed by atoms with Crippen LogP contribution in [-0.4, -0.2) is 7.32 Å². The van der Waals surface area contributed by atoms with Crippen LogP contribution < -0.4 is 14.0 Å². The maximum atomic E-state index is 6.00. The van der Waals surface area contributed by atoms with E-state index in [0.717, 1.165) is 5.75 Å². The minimum atomic E-state index is -0.868. The van der Waals surface area contributed by atoms with Crippen molar-refractivity contribution in [3.63, 3.8) is 0 Å². The van der Waals surface area contributed by atoms with Crippen molar-refractivity contribution in [1.82, 2.24) is 0 Å². The molecule has 0 bridgehead atoms. The van der Waals surface area contributed by atoms with Gasteiger partial charge in [0.1, 0.15) is 17.2 Å². The zero-order chi connectivity index (χ0) is 18.3. The van der Waals surface area contributed by atoms with Gasteiger partial charge in [0.2, 0.25) is 0 Å². The molecule has 0 aromatic heterocycles. The van der Waals surface area contributed by atoms with E-state index in [1.54, 1.807) is 0 Å². The van der Waals surface area contributed by atoms with Gasteiger partial charge in [0.05, 0.1) is 0 Å². The number of benzene rings is 3. The molecule has 0 spiro atoms. The summed E-state index contributed by atoms with van der Waals surface area (Å²) in [6.45, 7) is 0. The van der Waals surface area contributed by atoms with Crippen molar-refractivity contribution in [2.75, 3.05) is 0 Å². The van der Waals surface area contributed by atoms with Crippen LogP contribution in [0, 0.1) is 0 Å². The van der Waals surface area contributed by atoms with Crippen LogP contribution in [0.4, 0.5) is 0 Å². The lowest BCUT2D eigenvalue weighted by Gasteiger charge is -2.17. The Bertz CT molecular complexity index is 774. The van der Waals surface area contributed by atoms with Gasteiger partial charge in [-0.2, -0.15) is 0 Å². The van der Waals surface area contributed by atoms with Crippen LogP contribution in [0.2, 0.25) is 0 Å². The lowest BCUT2D eigenvalue weighted by Crippen LogP contribution is -2.36. The second-order valence-corrected chi connectivity index (χ2v) is 6.82. The Balaban J connectivity index is 1.47. The third kappa shape index (κ3) is 4.85. The summed E-state index contributed by atoms with van der Waals surface area (Å²) in [5.74, 6) is 2.81. The van der Waals surface area contributed by atoms with Crippen molar-refractivity contribution in [2.24, 2.45) is 0 Å². The van der Waals surface area contributed by atoms with E-state index in [1.807, 2.05) is 72.8 Å². The molecule has 1 saturated carbocycles. The molecule has 0 N–H and O–H groups in total. The maximum absolute atomic E-state index is 6.00. The van der Waals surface area contributed by atoms with Crippen LogP contribution in [-0.2, 0) is 0 Å². The molecule has 4 rings (SSSR count). The van der Waals surface area contributed by atoms with Crippen molar-refractivity contribution in [3.8, 4) is 17.2 Å². The summed E-state index contributed by atoms with van der Waals surface area (Å²) in [5, 5.41) is 0. The molecule has 1 fully saturated rings. The average molecular weight is 358 g/mol. The Kier molecular flexibility index (Phi) is 5.63. The second-order valence-electron chi connectivity index (χ2n) is 6.82. The molecular formula is C23H23BO3. The van der Waals surface area contributed by atoms with Gasteiger partial charge in [-0.1, -0.05) is 61.4 Å². The smallest absolute Gasteiger partial charge is 0.490 e. The molecule has 0 aliphatic heterocycles. The van der Waals surface area contributed by atoms with Crippen molar-refractivity contribution in [2.45, 2.75) is 31.6 Å². The van der Waals surface area contributed by atoms with Gasteiger partial charge in [0.25, 0.3) is 0 Å². The van der Waals surface area contributed by atoms with Crippen molar-refractivity contribution in [3.05, 3.63) is 90.5 Å². The largest absolute Gasteiger partial charge is 0.864 e. The summed E-state index contributed by atoms with van der Waals surface area (Å²) < 4.78 is 17.8. The van der Waals surface area contributed by atoms with Gasteiger partial charge < -0.3 is 14.0 Å². The number of hydrogen-bond donors (Lipinski definition) is 0. The van der Waals surface area contributed by atoms with Gasteiger partial charge >= 0.3 is 7.32 Å². The second kappa shape index (κ2) is 8.67. The normalized spacial score (nSPS) is 13.9. The molecule has 0 radical (unpaired) electrons. The lowest BCUT2D eigenvalue weighted by atomic mass is 9.98. The van der Waals surface area contributed by atoms with Crippen LogP contribution >= 0.6 is 0 Å². The van der Waals surface area contributed by atoms with E-state index < -0.39 is 7.32 Å². The Morgan fingerprint density at radius 2 is 1.00 bits per heavy atom. The molecule has 0 saturated heterocycles. The number of hydrogen-bond acceptors (Lipinski definition) is 3. The van der Waals surface area contributed by atoms with Gasteiger partial charge in [0.15, 0.2) is 0 Å². The van der Waals surface area contributed by atoms with Crippen molar-refractivity contribution < 1.29 is 14.0 Å². The zero-order valence-corrected chi connectivity index (χ0v) is 15.3. The van der Waals surface area contributed by atoms with Crippen LogP contribution in [0.3, 0.4) is 0 Å². The lowest BCUT2D eigenvalue weighted by molar-refractivity contribution is 0.307. The summed E-state index contributed by atoms with van der Waals surface area (Å²) in [6, 6.07) is 27.4. The van der Waals surface area contributed by atoms with E-state index in [0.29, 0.717) is 17.4 Å². The molecule has 136 valence electrons. The highest BCUT2D eigenvalue weighted by molar-refractivity contribution is 6.39.